The van der Waals surface area contributed by atoms with E-state index in [1.54, 1.807) is 0 Å². The van der Waals surface area contributed by atoms with E-state index in [0.29, 0.717) is 25.7 Å². The first-order chi connectivity index (χ1) is 8.32. The molecule has 7 nitrogen and oxygen atoms in total. The van der Waals surface area contributed by atoms with Gasteiger partial charge < -0.3 is 27.0 Å². The fourth-order valence-electron chi connectivity index (χ4n) is 1.47. The van der Waals surface area contributed by atoms with Crippen molar-refractivity contribution in [3.05, 3.63) is 0 Å². The van der Waals surface area contributed by atoms with Crippen molar-refractivity contribution >= 4 is 29.3 Å². The van der Waals surface area contributed by atoms with Crippen LogP contribution in [-0.4, -0.2) is 39.3 Å². The summed E-state index contributed by atoms with van der Waals surface area (Å²) in [6, 6.07) is -1.06. The number of nitrogens with two attached hydrogens (primary N) is 2. The molecule has 104 valence electrons. The monoisotopic (exact) mass is 277 g/mol. The topological polar surface area (TPSA) is 139 Å². The lowest BCUT2D eigenvalue weighted by atomic mass is 10.0. The van der Waals surface area contributed by atoms with Gasteiger partial charge in [0.1, 0.15) is 6.04 Å². The molecule has 0 radical (unpaired) electrons. The summed E-state index contributed by atoms with van der Waals surface area (Å²) in [4.78, 5) is 21.2. The minimum absolute atomic E-state index is 0.0225. The Morgan fingerprint density at radius 3 is 2.28 bits per heavy atom. The number of rotatable bonds is 9. The van der Waals surface area contributed by atoms with Gasteiger partial charge in [-0.2, -0.15) is 0 Å². The highest BCUT2D eigenvalue weighted by molar-refractivity contribution is 7.80. The minimum atomic E-state index is -1.03. The van der Waals surface area contributed by atoms with Crippen LogP contribution in [0.5, 0.6) is 0 Å². The molecule has 18 heavy (non-hydrogen) atoms. The van der Waals surface area contributed by atoms with E-state index >= 15 is 0 Å². The summed E-state index contributed by atoms with van der Waals surface area (Å²) in [7, 11) is 0. The molecule has 0 rings (SSSR count). The molecule has 0 saturated heterocycles. The summed E-state index contributed by atoms with van der Waals surface area (Å²) in [6.45, 7) is 0. The fraction of sp³-hybridized carbons (Fsp3) is 0.700. The van der Waals surface area contributed by atoms with Gasteiger partial charge in [0, 0.05) is 12.5 Å². The summed E-state index contributed by atoms with van der Waals surface area (Å²) in [6.07, 6.45) is 1.88. The van der Waals surface area contributed by atoms with Gasteiger partial charge in [-0.25, -0.2) is 4.79 Å². The van der Waals surface area contributed by atoms with Crippen LogP contribution in [0.15, 0.2) is 0 Å². The Bertz CT molecular complexity index is 311. The van der Waals surface area contributed by atoms with E-state index in [9.17, 15) is 9.59 Å². The second kappa shape index (κ2) is 8.65. The molecule has 0 aromatic heterocycles. The predicted molar refractivity (Wildman–Crippen MR) is 70.0 cm³/mol. The van der Waals surface area contributed by atoms with Gasteiger partial charge in [0.2, 0.25) is 0 Å². The van der Waals surface area contributed by atoms with Crippen molar-refractivity contribution in [3.8, 4) is 0 Å². The first kappa shape index (κ1) is 16.6. The van der Waals surface area contributed by atoms with E-state index in [1.165, 1.54) is 0 Å². The van der Waals surface area contributed by atoms with Crippen molar-refractivity contribution in [1.29, 1.82) is 0 Å². The molecule has 1 unspecified atom stereocenters. The summed E-state index contributed by atoms with van der Waals surface area (Å²) >= 11 is 4.58. The summed E-state index contributed by atoms with van der Waals surface area (Å²) in [5, 5.41) is 19.8. The lowest BCUT2D eigenvalue weighted by molar-refractivity contribution is -0.139. The summed E-state index contributed by atoms with van der Waals surface area (Å²) in [5.41, 5.74) is 10.9. The van der Waals surface area contributed by atoms with Gasteiger partial charge in [-0.15, -0.1) is 0 Å². The number of carboxylic acid groups (broad SMARTS) is 2. The Morgan fingerprint density at radius 1 is 1.22 bits per heavy atom. The van der Waals surface area contributed by atoms with E-state index in [2.05, 4.69) is 17.5 Å². The molecular weight excluding hydrogens is 258 g/mol. The van der Waals surface area contributed by atoms with Crippen LogP contribution in [0.4, 0.5) is 0 Å². The van der Waals surface area contributed by atoms with Gasteiger partial charge >= 0.3 is 11.9 Å². The van der Waals surface area contributed by atoms with Crippen molar-refractivity contribution in [3.63, 3.8) is 0 Å². The van der Waals surface area contributed by atoms with E-state index in [-0.39, 0.29) is 17.6 Å². The zero-order valence-electron chi connectivity index (χ0n) is 9.96. The summed E-state index contributed by atoms with van der Waals surface area (Å²) < 4.78 is 0. The smallest absolute Gasteiger partial charge is 0.326 e. The van der Waals surface area contributed by atoms with Crippen LogP contribution in [0.25, 0.3) is 0 Å². The average Bonchev–Trinajstić information content (AvgIpc) is 2.24. The molecule has 0 heterocycles. The predicted octanol–water partition coefficient (Wildman–Crippen LogP) is -0.365. The minimum Gasteiger partial charge on any atom is -0.481 e. The van der Waals surface area contributed by atoms with Gasteiger partial charge in [0.25, 0.3) is 0 Å². The number of carboxylic acids is 2. The maximum atomic E-state index is 10.8. The molecule has 0 aromatic carbocycles. The van der Waals surface area contributed by atoms with Gasteiger partial charge in [-0.3, -0.25) is 4.79 Å². The molecule has 2 atom stereocenters. The number of carbonyl (C=O) groups is 2. The molecular formula is C10H19N3O4S. The van der Waals surface area contributed by atoms with Crippen LogP contribution >= 0.6 is 12.2 Å². The van der Waals surface area contributed by atoms with Crippen LogP contribution in [0.1, 0.15) is 32.1 Å². The molecule has 0 bridgehead atoms. The maximum absolute atomic E-state index is 10.8. The third-order valence-corrected chi connectivity index (χ3v) is 2.53. The first-order valence-electron chi connectivity index (χ1n) is 5.59. The Morgan fingerprint density at radius 2 is 1.83 bits per heavy atom. The van der Waals surface area contributed by atoms with Crippen molar-refractivity contribution in [2.75, 3.05) is 0 Å². The Hall–Kier alpha value is -1.41. The molecule has 0 aliphatic heterocycles. The van der Waals surface area contributed by atoms with E-state index in [0.717, 1.165) is 0 Å². The van der Waals surface area contributed by atoms with Crippen LogP contribution in [0.3, 0.4) is 0 Å². The second-order valence-corrected chi connectivity index (χ2v) is 4.46. The van der Waals surface area contributed by atoms with Crippen LogP contribution in [0.2, 0.25) is 0 Å². The fourth-order valence-corrected chi connectivity index (χ4v) is 1.61. The average molecular weight is 277 g/mol. The molecule has 0 spiro atoms. The van der Waals surface area contributed by atoms with Crippen molar-refractivity contribution < 1.29 is 19.8 Å². The molecule has 0 fully saturated rings. The summed E-state index contributed by atoms with van der Waals surface area (Å²) in [5.74, 6) is -1.91. The maximum Gasteiger partial charge on any atom is 0.326 e. The Kier molecular flexibility index (Phi) is 7.97. The molecule has 0 amide bonds. The largest absolute Gasteiger partial charge is 0.481 e. The highest BCUT2D eigenvalue weighted by Crippen LogP contribution is 2.07. The molecule has 0 aromatic rings. The van der Waals surface area contributed by atoms with Crippen molar-refractivity contribution in [2.45, 2.75) is 44.2 Å². The zero-order valence-corrected chi connectivity index (χ0v) is 10.8. The first-order valence-corrected chi connectivity index (χ1v) is 6.00. The second-order valence-electron chi connectivity index (χ2n) is 4.02. The number of aliphatic carboxylic acids is 2. The van der Waals surface area contributed by atoms with Gasteiger partial charge in [-0.1, -0.05) is 0 Å². The van der Waals surface area contributed by atoms with Gasteiger partial charge in [0.15, 0.2) is 5.11 Å². The molecule has 0 aliphatic rings. The molecule has 8 heteroatoms. The SMILES string of the molecule is NC(=S)N[C@@H](CCCC(N)CCC(=O)O)C(=O)O. The number of hydrogen-bond donors (Lipinski definition) is 5. The lowest BCUT2D eigenvalue weighted by Gasteiger charge is -2.15. The quantitative estimate of drug-likeness (QED) is 0.360. The van der Waals surface area contributed by atoms with Crippen LogP contribution < -0.4 is 16.8 Å². The highest BCUT2D eigenvalue weighted by Gasteiger charge is 2.17. The molecule has 7 N–H and O–H groups in total. The van der Waals surface area contributed by atoms with Crippen LogP contribution in [0, 0.1) is 0 Å². The number of hydrogen-bond acceptors (Lipinski definition) is 4. The molecule has 0 saturated carbocycles. The number of thiocarbonyl (C=S) groups is 1. The van der Waals surface area contributed by atoms with E-state index in [1.807, 2.05) is 0 Å². The van der Waals surface area contributed by atoms with E-state index < -0.39 is 18.0 Å². The third kappa shape index (κ3) is 8.71. The van der Waals surface area contributed by atoms with Crippen LogP contribution in [-0.2, 0) is 9.59 Å². The third-order valence-electron chi connectivity index (χ3n) is 2.41. The lowest BCUT2D eigenvalue weighted by Crippen LogP contribution is -2.43. The Labute approximate surface area is 111 Å². The van der Waals surface area contributed by atoms with Crippen molar-refractivity contribution in [2.24, 2.45) is 11.5 Å². The van der Waals surface area contributed by atoms with E-state index in [4.69, 9.17) is 21.7 Å². The van der Waals surface area contributed by atoms with Crippen molar-refractivity contribution in [1.82, 2.24) is 5.32 Å². The Balaban J connectivity index is 3.88. The normalized spacial score (nSPS) is 13.6. The van der Waals surface area contributed by atoms with Gasteiger partial charge in [-0.05, 0) is 37.9 Å². The highest BCUT2D eigenvalue weighted by atomic mass is 32.1. The number of nitrogens with one attached hydrogen (secondary N) is 1. The zero-order chi connectivity index (χ0) is 14.1. The van der Waals surface area contributed by atoms with Gasteiger partial charge in [0.05, 0.1) is 0 Å². The standard InChI is InChI=1S/C10H19N3O4S/c11-6(4-5-8(14)15)2-1-3-7(9(16)17)13-10(12)18/h6-7H,1-5,11H2,(H,14,15)(H,16,17)(H3,12,13,18)/t6?,7-/m0/s1. The molecule has 0 aliphatic carbocycles.